The normalized spacial score (nSPS) is 11.3. The van der Waals surface area contributed by atoms with Gasteiger partial charge in [0, 0.05) is 10.5 Å². The van der Waals surface area contributed by atoms with E-state index in [0.29, 0.717) is 20.4 Å². The van der Waals surface area contributed by atoms with Crippen molar-refractivity contribution in [2.75, 3.05) is 17.6 Å². The lowest BCUT2D eigenvalue weighted by atomic mass is 10.3. The van der Waals surface area contributed by atoms with Gasteiger partial charge in [0.15, 0.2) is 0 Å². The standard InChI is InChI=1S/C9H8Br2N4O3S2/c1-18-7-3-6(4(10)2-5(7)11)15-20(16,17)9-14-13-8(12)19-9/h2-3,15H,1H3,(H2,12,13). The van der Waals surface area contributed by atoms with Gasteiger partial charge >= 0.3 is 0 Å². The van der Waals surface area contributed by atoms with Crippen molar-refractivity contribution in [3.8, 4) is 5.75 Å². The minimum Gasteiger partial charge on any atom is -0.495 e. The summed E-state index contributed by atoms with van der Waals surface area (Å²) in [6, 6.07) is 3.21. The Morgan fingerprint density at radius 2 is 2.00 bits per heavy atom. The molecule has 0 bridgehead atoms. The van der Waals surface area contributed by atoms with Crippen molar-refractivity contribution in [1.82, 2.24) is 10.2 Å². The van der Waals surface area contributed by atoms with Gasteiger partial charge < -0.3 is 10.5 Å². The van der Waals surface area contributed by atoms with E-state index in [1.165, 1.54) is 13.2 Å². The number of sulfonamides is 1. The van der Waals surface area contributed by atoms with Crippen LogP contribution in [0.25, 0.3) is 0 Å². The molecule has 0 aliphatic rings. The van der Waals surface area contributed by atoms with Crippen molar-refractivity contribution in [2.24, 2.45) is 0 Å². The zero-order valence-corrected chi connectivity index (χ0v) is 14.7. The van der Waals surface area contributed by atoms with Gasteiger partial charge in [-0.05, 0) is 37.9 Å². The van der Waals surface area contributed by atoms with Crippen molar-refractivity contribution < 1.29 is 13.2 Å². The highest BCUT2D eigenvalue weighted by Gasteiger charge is 2.21. The molecule has 1 aromatic heterocycles. The number of nitrogen functional groups attached to an aromatic ring is 1. The van der Waals surface area contributed by atoms with E-state index in [2.05, 4.69) is 46.8 Å². The molecule has 0 aliphatic heterocycles. The molecule has 0 saturated heterocycles. The maximum atomic E-state index is 12.1. The number of methoxy groups -OCH3 is 1. The Kier molecular flexibility index (Phi) is 4.52. The molecule has 0 spiro atoms. The van der Waals surface area contributed by atoms with Crippen LogP contribution in [0.4, 0.5) is 10.8 Å². The molecule has 0 fully saturated rings. The molecule has 2 aromatic rings. The molecular formula is C9H8Br2N4O3S2. The first-order valence-corrected chi connectivity index (χ1v) is 8.87. The summed E-state index contributed by atoms with van der Waals surface area (Å²) in [6.45, 7) is 0. The Balaban J connectivity index is 2.39. The highest BCUT2D eigenvalue weighted by Crippen LogP contribution is 2.35. The smallest absolute Gasteiger partial charge is 0.291 e. The minimum absolute atomic E-state index is 0.0813. The van der Waals surface area contributed by atoms with Crippen LogP contribution in [0.15, 0.2) is 25.4 Å². The molecular weight excluding hydrogens is 436 g/mol. The van der Waals surface area contributed by atoms with E-state index in [1.807, 2.05) is 0 Å². The fourth-order valence-corrected chi connectivity index (χ4v) is 4.52. The van der Waals surface area contributed by atoms with Crippen molar-refractivity contribution in [2.45, 2.75) is 4.34 Å². The number of hydrogen-bond donors (Lipinski definition) is 2. The summed E-state index contributed by atoms with van der Waals surface area (Å²) in [5.41, 5.74) is 5.70. The number of nitrogens with two attached hydrogens (primary N) is 1. The molecule has 1 aromatic carbocycles. The molecule has 108 valence electrons. The lowest BCUT2D eigenvalue weighted by Gasteiger charge is -2.10. The Bertz CT molecular complexity index is 748. The van der Waals surface area contributed by atoms with Crippen LogP contribution >= 0.6 is 43.2 Å². The molecule has 0 atom stereocenters. The average molecular weight is 444 g/mol. The summed E-state index contributed by atoms with van der Waals surface area (Å²) >= 11 is 7.35. The lowest BCUT2D eigenvalue weighted by molar-refractivity contribution is 0.412. The molecule has 0 aliphatic carbocycles. The van der Waals surface area contributed by atoms with Gasteiger partial charge in [0.2, 0.25) is 5.13 Å². The SMILES string of the molecule is COc1cc(NS(=O)(=O)c2nnc(N)s2)c(Br)cc1Br. The van der Waals surface area contributed by atoms with Crippen LogP contribution in [0.3, 0.4) is 0 Å². The molecule has 0 saturated carbocycles. The Labute approximate surface area is 135 Å². The maximum absolute atomic E-state index is 12.1. The van der Waals surface area contributed by atoms with Gasteiger partial charge in [0.1, 0.15) is 5.75 Å². The average Bonchev–Trinajstić information content (AvgIpc) is 2.80. The third kappa shape index (κ3) is 3.22. The zero-order chi connectivity index (χ0) is 14.9. The van der Waals surface area contributed by atoms with Gasteiger partial charge in [-0.3, -0.25) is 4.72 Å². The topological polar surface area (TPSA) is 107 Å². The summed E-state index contributed by atoms with van der Waals surface area (Å²) in [7, 11) is -2.35. The number of anilines is 2. The van der Waals surface area contributed by atoms with Crippen LogP contribution in [0, 0.1) is 0 Å². The van der Waals surface area contributed by atoms with Gasteiger partial charge in [-0.1, -0.05) is 11.3 Å². The molecule has 20 heavy (non-hydrogen) atoms. The fourth-order valence-electron chi connectivity index (χ4n) is 1.28. The lowest BCUT2D eigenvalue weighted by Crippen LogP contribution is -2.13. The van der Waals surface area contributed by atoms with Crippen molar-refractivity contribution in [3.05, 3.63) is 21.1 Å². The summed E-state index contributed by atoms with van der Waals surface area (Å²) in [4.78, 5) is 0. The molecule has 1 heterocycles. The predicted molar refractivity (Wildman–Crippen MR) is 83.5 cm³/mol. The number of aromatic nitrogens is 2. The molecule has 0 radical (unpaired) electrons. The van der Waals surface area contributed by atoms with E-state index >= 15 is 0 Å². The van der Waals surface area contributed by atoms with E-state index < -0.39 is 10.0 Å². The number of nitrogens with one attached hydrogen (secondary N) is 1. The van der Waals surface area contributed by atoms with Crippen LogP contribution in [0.1, 0.15) is 0 Å². The fraction of sp³-hybridized carbons (Fsp3) is 0.111. The first-order chi connectivity index (χ1) is 9.33. The van der Waals surface area contributed by atoms with Gasteiger partial charge in [-0.2, -0.15) is 8.42 Å². The maximum Gasteiger partial charge on any atom is 0.291 e. The zero-order valence-electron chi connectivity index (χ0n) is 9.92. The van der Waals surface area contributed by atoms with E-state index in [9.17, 15) is 8.42 Å². The van der Waals surface area contributed by atoms with Crippen LogP contribution in [-0.4, -0.2) is 25.7 Å². The van der Waals surface area contributed by atoms with Gasteiger partial charge in [0.05, 0.1) is 17.3 Å². The molecule has 11 heteroatoms. The second-order valence-electron chi connectivity index (χ2n) is 3.48. The second kappa shape index (κ2) is 5.84. The third-order valence-corrected chi connectivity index (χ3v) is 5.90. The van der Waals surface area contributed by atoms with Crippen molar-refractivity contribution >= 4 is 64.0 Å². The number of nitrogens with zero attached hydrogens (tertiary/aromatic N) is 2. The molecule has 3 N–H and O–H groups in total. The number of benzene rings is 1. The summed E-state index contributed by atoms with van der Waals surface area (Å²) < 4.78 is 32.8. The minimum atomic E-state index is -3.84. The largest absolute Gasteiger partial charge is 0.495 e. The van der Waals surface area contributed by atoms with E-state index in [1.54, 1.807) is 6.07 Å². The molecule has 0 amide bonds. The van der Waals surface area contributed by atoms with E-state index in [4.69, 9.17) is 10.5 Å². The number of rotatable bonds is 4. The summed E-state index contributed by atoms with van der Waals surface area (Å²) in [5.74, 6) is 0.489. The quantitative estimate of drug-likeness (QED) is 0.751. The van der Waals surface area contributed by atoms with Crippen molar-refractivity contribution in [1.29, 1.82) is 0 Å². The monoisotopic (exact) mass is 442 g/mol. The third-order valence-electron chi connectivity index (χ3n) is 2.14. The van der Waals surface area contributed by atoms with Gasteiger partial charge in [0.25, 0.3) is 14.4 Å². The van der Waals surface area contributed by atoms with Crippen LogP contribution in [0.2, 0.25) is 0 Å². The highest BCUT2D eigenvalue weighted by atomic mass is 79.9. The Morgan fingerprint density at radius 3 is 2.55 bits per heavy atom. The first kappa shape index (κ1) is 15.5. The van der Waals surface area contributed by atoms with Crippen LogP contribution < -0.4 is 15.2 Å². The van der Waals surface area contributed by atoms with Crippen LogP contribution in [-0.2, 0) is 10.0 Å². The second-order valence-corrected chi connectivity index (χ2v) is 8.05. The predicted octanol–water partition coefficient (Wildman–Crippen LogP) is 2.45. The number of ether oxygens (including phenoxy) is 1. The van der Waals surface area contributed by atoms with E-state index in [0.717, 1.165) is 11.3 Å². The summed E-state index contributed by atoms with van der Waals surface area (Å²) in [5, 5.41) is 7.07. The summed E-state index contributed by atoms with van der Waals surface area (Å²) in [6.07, 6.45) is 0. The first-order valence-electron chi connectivity index (χ1n) is 4.98. The number of hydrogen-bond acceptors (Lipinski definition) is 7. The highest BCUT2D eigenvalue weighted by molar-refractivity contribution is 9.11. The van der Waals surface area contributed by atoms with Gasteiger partial charge in [-0.15, -0.1) is 10.2 Å². The van der Waals surface area contributed by atoms with Gasteiger partial charge in [-0.25, -0.2) is 0 Å². The van der Waals surface area contributed by atoms with Crippen molar-refractivity contribution in [3.63, 3.8) is 0 Å². The molecule has 0 unspecified atom stereocenters. The molecule has 7 nitrogen and oxygen atoms in total. The van der Waals surface area contributed by atoms with E-state index in [-0.39, 0.29) is 9.47 Å². The Morgan fingerprint density at radius 1 is 1.30 bits per heavy atom. The Hall–Kier alpha value is -0.910. The number of halogens is 2. The molecule has 2 rings (SSSR count). The van der Waals surface area contributed by atoms with Crippen LogP contribution in [0.5, 0.6) is 5.75 Å².